The van der Waals surface area contributed by atoms with E-state index in [1.807, 2.05) is 53.2 Å². The summed E-state index contributed by atoms with van der Waals surface area (Å²) in [5.74, 6) is 0.907. The third-order valence-electron chi connectivity index (χ3n) is 4.21. The standard InChI is InChI=1S/C17H15Cl2N5/c18-12-6-4-10(5-7-12)14-9-15(11-2-1-3-13(19)8-11)24-17(21-14)22-16(20)23-24/h1-8,14-15H,9H2,(H3,20,21,22,23)/t14-,15+/m0/s1. The summed E-state index contributed by atoms with van der Waals surface area (Å²) in [6.45, 7) is 0. The Balaban J connectivity index is 1.76. The lowest BCUT2D eigenvalue weighted by atomic mass is 9.93. The average Bonchev–Trinajstić information content (AvgIpc) is 2.94. The van der Waals surface area contributed by atoms with Crippen LogP contribution in [0.3, 0.4) is 0 Å². The molecule has 0 bridgehead atoms. The predicted molar refractivity (Wildman–Crippen MR) is 96.5 cm³/mol. The van der Waals surface area contributed by atoms with Crippen LogP contribution < -0.4 is 11.1 Å². The summed E-state index contributed by atoms with van der Waals surface area (Å²) in [7, 11) is 0. The molecule has 0 spiro atoms. The summed E-state index contributed by atoms with van der Waals surface area (Å²) in [4.78, 5) is 4.30. The van der Waals surface area contributed by atoms with E-state index in [9.17, 15) is 0 Å². The van der Waals surface area contributed by atoms with Crippen molar-refractivity contribution < 1.29 is 0 Å². The number of nitrogens with one attached hydrogen (secondary N) is 1. The summed E-state index contributed by atoms with van der Waals surface area (Å²) >= 11 is 12.2. The van der Waals surface area contributed by atoms with Gasteiger partial charge in [-0.15, -0.1) is 5.10 Å². The van der Waals surface area contributed by atoms with Crippen LogP contribution in [0.4, 0.5) is 11.9 Å². The molecule has 1 aliphatic rings. The molecule has 1 aliphatic heterocycles. The van der Waals surface area contributed by atoms with E-state index < -0.39 is 0 Å². The van der Waals surface area contributed by atoms with Crippen LogP contribution in [0, 0.1) is 0 Å². The second-order valence-electron chi connectivity index (χ2n) is 5.79. The highest BCUT2D eigenvalue weighted by molar-refractivity contribution is 6.30. The molecule has 2 atom stereocenters. The average molecular weight is 360 g/mol. The van der Waals surface area contributed by atoms with E-state index in [4.69, 9.17) is 28.9 Å². The van der Waals surface area contributed by atoms with Gasteiger partial charge in [0.15, 0.2) is 0 Å². The Morgan fingerprint density at radius 1 is 1.04 bits per heavy atom. The first kappa shape index (κ1) is 15.3. The van der Waals surface area contributed by atoms with Gasteiger partial charge >= 0.3 is 0 Å². The molecule has 0 saturated carbocycles. The SMILES string of the molecule is Nc1nc2n(n1)[C@@H](c1cccc(Cl)c1)C[C@@H](c1ccc(Cl)cc1)N2. The van der Waals surface area contributed by atoms with Crippen molar-refractivity contribution in [3.8, 4) is 0 Å². The highest BCUT2D eigenvalue weighted by atomic mass is 35.5. The number of anilines is 2. The van der Waals surface area contributed by atoms with Crippen LogP contribution in [0.2, 0.25) is 10.0 Å². The highest BCUT2D eigenvalue weighted by Gasteiger charge is 2.30. The first-order valence-electron chi connectivity index (χ1n) is 7.59. The summed E-state index contributed by atoms with van der Waals surface area (Å²) in [5, 5.41) is 9.15. The number of fused-ring (bicyclic) bond motifs is 1. The zero-order valence-electron chi connectivity index (χ0n) is 12.7. The number of rotatable bonds is 2. The molecule has 3 N–H and O–H groups in total. The Bertz CT molecular complexity index is 875. The molecule has 0 amide bonds. The van der Waals surface area contributed by atoms with Crippen molar-refractivity contribution in [1.82, 2.24) is 14.8 Å². The van der Waals surface area contributed by atoms with E-state index in [1.54, 1.807) is 0 Å². The van der Waals surface area contributed by atoms with Crippen LogP contribution in [-0.4, -0.2) is 14.8 Å². The minimum Gasteiger partial charge on any atom is -0.366 e. The Hall–Kier alpha value is -2.24. The molecule has 24 heavy (non-hydrogen) atoms. The van der Waals surface area contributed by atoms with Gasteiger partial charge < -0.3 is 11.1 Å². The Morgan fingerprint density at radius 3 is 2.58 bits per heavy atom. The maximum atomic E-state index is 6.17. The number of nitrogen functional groups attached to an aromatic ring is 1. The van der Waals surface area contributed by atoms with Gasteiger partial charge in [-0.3, -0.25) is 0 Å². The molecular weight excluding hydrogens is 345 g/mol. The predicted octanol–water partition coefficient (Wildman–Crippen LogP) is 4.31. The number of hydrogen-bond donors (Lipinski definition) is 2. The van der Waals surface area contributed by atoms with E-state index in [0.717, 1.165) is 17.5 Å². The third-order valence-corrected chi connectivity index (χ3v) is 4.70. The molecule has 122 valence electrons. The fourth-order valence-electron chi connectivity index (χ4n) is 3.10. The van der Waals surface area contributed by atoms with Gasteiger partial charge in [0.25, 0.3) is 0 Å². The van der Waals surface area contributed by atoms with Crippen LogP contribution in [-0.2, 0) is 0 Å². The number of nitrogens with two attached hydrogens (primary N) is 1. The summed E-state index contributed by atoms with van der Waals surface area (Å²) < 4.78 is 1.83. The molecule has 1 aromatic heterocycles. The normalized spacial score (nSPS) is 19.6. The summed E-state index contributed by atoms with van der Waals surface area (Å²) in [5.41, 5.74) is 8.02. The van der Waals surface area contributed by atoms with Crippen LogP contribution in [0.25, 0.3) is 0 Å². The van der Waals surface area contributed by atoms with Crippen LogP contribution >= 0.6 is 23.2 Å². The number of hydrogen-bond acceptors (Lipinski definition) is 4. The topological polar surface area (TPSA) is 68.8 Å². The smallest absolute Gasteiger partial charge is 0.241 e. The van der Waals surface area contributed by atoms with E-state index in [1.165, 1.54) is 0 Å². The molecule has 0 radical (unpaired) electrons. The molecule has 0 saturated heterocycles. The molecule has 0 aliphatic carbocycles. The number of halogens is 2. The lowest BCUT2D eigenvalue weighted by Gasteiger charge is -2.31. The lowest BCUT2D eigenvalue weighted by Crippen LogP contribution is -2.28. The minimum atomic E-state index is 0.00503. The van der Waals surface area contributed by atoms with Gasteiger partial charge in [0.2, 0.25) is 11.9 Å². The van der Waals surface area contributed by atoms with Crippen LogP contribution in [0.5, 0.6) is 0 Å². The van der Waals surface area contributed by atoms with Gasteiger partial charge in [-0.2, -0.15) is 4.98 Å². The molecule has 2 heterocycles. The minimum absolute atomic E-state index is 0.00503. The largest absolute Gasteiger partial charge is 0.366 e. The molecular formula is C17H15Cl2N5. The Morgan fingerprint density at radius 2 is 1.83 bits per heavy atom. The van der Waals surface area contributed by atoms with Crippen LogP contribution in [0.1, 0.15) is 29.6 Å². The van der Waals surface area contributed by atoms with Gasteiger partial charge in [0.1, 0.15) is 0 Å². The fourth-order valence-corrected chi connectivity index (χ4v) is 3.42. The van der Waals surface area contributed by atoms with E-state index in [-0.39, 0.29) is 18.0 Å². The second-order valence-corrected chi connectivity index (χ2v) is 6.67. The molecule has 2 aromatic carbocycles. The number of nitrogens with zero attached hydrogens (tertiary/aromatic N) is 3. The third kappa shape index (κ3) is 2.81. The maximum Gasteiger partial charge on any atom is 0.241 e. The molecule has 0 fully saturated rings. The zero-order chi connectivity index (χ0) is 16.7. The summed E-state index contributed by atoms with van der Waals surface area (Å²) in [6.07, 6.45) is 0.803. The van der Waals surface area contributed by atoms with E-state index >= 15 is 0 Å². The first-order valence-corrected chi connectivity index (χ1v) is 8.35. The van der Waals surface area contributed by atoms with Gasteiger partial charge in [-0.05, 0) is 41.8 Å². The molecule has 3 aromatic rings. The van der Waals surface area contributed by atoms with Crippen molar-refractivity contribution in [2.75, 3.05) is 11.1 Å². The number of aromatic nitrogens is 3. The highest BCUT2D eigenvalue weighted by Crippen LogP contribution is 2.38. The van der Waals surface area contributed by atoms with Crippen molar-refractivity contribution in [3.63, 3.8) is 0 Å². The van der Waals surface area contributed by atoms with Gasteiger partial charge in [0.05, 0.1) is 12.1 Å². The molecule has 0 unspecified atom stereocenters. The Labute approximate surface area is 149 Å². The molecule has 7 heteroatoms. The van der Waals surface area contributed by atoms with Crippen molar-refractivity contribution in [2.24, 2.45) is 0 Å². The fraction of sp³-hybridized carbons (Fsp3) is 0.176. The summed E-state index contributed by atoms with van der Waals surface area (Å²) in [6, 6.07) is 15.7. The maximum absolute atomic E-state index is 6.17. The first-order chi connectivity index (χ1) is 11.6. The lowest BCUT2D eigenvalue weighted by molar-refractivity contribution is 0.431. The zero-order valence-corrected chi connectivity index (χ0v) is 14.2. The van der Waals surface area contributed by atoms with Gasteiger partial charge in [-0.1, -0.05) is 47.5 Å². The van der Waals surface area contributed by atoms with Crippen molar-refractivity contribution in [1.29, 1.82) is 0 Å². The molecule has 5 nitrogen and oxygen atoms in total. The monoisotopic (exact) mass is 359 g/mol. The van der Waals surface area contributed by atoms with Crippen LogP contribution in [0.15, 0.2) is 48.5 Å². The second kappa shape index (κ2) is 6.00. The molecule has 4 rings (SSSR count). The number of benzene rings is 2. The van der Waals surface area contributed by atoms with E-state index in [0.29, 0.717) is 16.0 Å². The van der Waals surface area contributed by atoms with Gasteiger partial charge in [0, 0.05) is 10.0 Å². The quantitative estimate of drug-likeness (QED) is 0.714. The van der Waals surface area contributed by atoms with Gasteiger partial charge in [-0.25, -0.2) is 4.68 Å². The van der Waals surface area contributed by atoms with Crippen molar-refractivity contribution in [3.05, 3.63) is 69.7 Å². The Kier molecular flexibility index (Phi) is 3.82. The van der Waals surface area contributed by atoms with E-state index in [2.05, 4.69) is 15.4 Å². The van der Waals surface area contributed by atoms with Crippen molar-refractivity contribution >= 4 is 35.1 Å². The van der Waals surface area contributed by atoms with Crippen molar-refractivity contribution in [2.45, 2.75) is 18.5 Å².